The third-order valence-electron chi connectivity index (χ3n) is 32.0. The van der Waals surface area contributed by atoms with E-state index in [1.807, 2.05) is 102 Å². The van der Waals surface area contributed by atoms with Gasteiger partial charge in [0, 0.05) is 89.2 Å². The van der Waals surface area contributed by atoms with Crippen molar-refractivity contribution in [2.75, 3.05) is 68.7 Å². The van der Waals surface area contributed by atoms with Gasteiger partial charge in [-0.05, 0) is 345 Å². The summed E-state index contributed by atoms with van der Waals surface area (Å²) in [7, 11) is 35.3. The molecule has 6 saturated carbocycles. The average Bonchev–Trinajstić information content (AvgIpc) is 1.64. The molecule has 10 aromatic carbocycles. The molecule has 0 amide bonds. The summed E-state index contributed by atoms with van der Waals surface area (Å²) in [6, 6.07) is 63.7. The summed E-state index contributed by atoms with van der Waals surface area (Å²) < 4.78 is 10.6. The summed E-state index contributed by atoms with van der Waals surface area (Å²) in [6.07, 6.45) is 49.9. The van der Waals surface area contributed by atoms with Crippen LogP contribution in [0, 0.1) is 145 Å². The van der Waals surface area contributed by atoms with E-state index < -0.39 is 40.6 Å². The Hall–Kier alpha value is -5.38. The molecule has 9 fully saturated rings. The monoisotopic (exact) mass is 2430 g/mol. The van der Waals surface area contributed by atoms with Crippen molar-refractivity contribution >= 4 is 127 Å². The molecule has 0 N–H and O–H groups in total. The summed E-state index contributed by atoms with van der Waals surface area (Å²) in [5.41, 5.74) is 46.8. The number of rotatable bonds is 17. The maximum absolute atomic E-state index is 6.19. The SMILES string of the molecule is C1CCC([PH+](C2CCCCC2)C2CCCCC2)CC1.C1CCC([PH+](C2CCCCC2)C2CCCCC2)CC1.CC(C)Oc1ccccc1[CH]=[Ru]([Cl])[Cl].Cc1cc(C)c(N2[CH-]N(c3c(C)cc(C)cc3C)CC2)c(C)c1.Cc1cc(C)c(N2[CH-]N(c3c(C)cc(C)cc3C)CC2)c(C)c1.Cc1cc(C)c(N2[CH-]N(c3c(C)cc(C)cc3C)CC2)c(C)c1.[Cl][Ru]([Cl])=[CH]c1ccccc1.[Cl][Ru]([Cl])=[C]1C=C(c2ccccc2)c2ccccc21. The summed E-state index contributed by atoms with van der Waals surface area (Å²) >= 11 is -5.27. The van der Waals surface area contributed by atoms with E-state index in [1.54, 1.807) is 193 Å². The van der Waals surface area contributed by atoms with Gasteiger partial charge in [-0.3, -0.25) is 0 Å². The molecule has 0 unspecified atom stereocenters. The quantitative estimate of drug-likeness (QED) is 0.0510. The summed E-state index contributed by atoms with van der Waals surface area (Å²) in [5, 5.41) is 0. The first-order valence-corrected chi connectivity index (χ1v) is 76.0. The van der Waals surface area contributed by atoms with E-state index in [9.17, 15) is 0 Å². The summed E-state index contributed by atoms with van der Waals surface area (Å²) in [6.45, 7) is 56.7. The third-order valence-corrected chi connectivity index (χ3v) is 48.0. The van der Waals surface area contributed by atoms with E-state index in [0.717, 1.165) is 60.3 Å². The van der Waals surface area contributed by atoms with E-state index in [0.29, 0.717) is 0 Å². The van der Waals surface area contributed by atoms with Crippen LogP contribution < -0.4 is 34.1 Å². The first kappa shape index (κ1) is 121. The van der Waals surface area contributed by atoms with Crippen LogP contribution in [0.25, 0.3) is 5.57 Å². The Kier molecular flexibility index (Phi) is 48.9. The van der Waals surface area contributed by atoms with Crippen LogP contribution in [0.1, 0.15) is 334 Å². The number of hydrogen-bond donors (Lipinski definition) is 0. The normalized spacial score (nSPS) is 17.7. The van der Waals surface area contributed by atoms with Crippen LogP contribution in [0.5, 0.6) is 5.75 Å². The second-order valence-corrected chi connectivity index (χ2v) is 68.9. The van der Waals surface area contributed by atoms with Gasteiger partial charge in [0.1, 0.15) is 0 Å². The summed E-state index contributed by atoms with van der Waals surface area (Å²) in [4.78, 5) is 14.4. The first-order chi connectivity index (χ1) is 71.6. The van der Waals surface area contributed by atoms with E-state index in [4.69, 9.17) is 62.9 Å². The van der Waals surface area contributed by atoms with E-state index in [1.165, 1.54) is 190 Å². The molecule has 20 rings (SSSR count). The fourth-order valence-electron chi connectivity index (χ4n) is 26.7. The number of allylic oxidation sites excluding steroid dienone is 1. The third kappa shape index (κ3) is 35.1. The topological polar surface area (TPSA) is 28.7 Å². The Labute approximate surface area is 944 Å². The van der Waals surface area contributed by atoms with Crippen LogP contribution in [0.3, 0.4) is 0 Å². The van der Waals surface area contributed by atoms with Gasteiger partial charge in [0.2, 0.25) is 0 Å². The number of aryl methyl sites for hydroxylation is 18. The van der Waals surface area contributed by atoms with Crippen molar-refractivity contribution < 1.29 is 45.3 Å². The molecule has 10 aliphatic rings. The minimum absolute atomic E-state index is 0.0465. The number of nitrogens with zero attached hydrogens (tertiary/aromatic N) is 6. The Bertz CT molecular complexity index is 5320. The molecule has 0 bridgehead atoms. The zero-order valence-electron chi connectivity index (χ0n) is 93.7. The number of hydrogen-bond acceptors (Lipinski definition) is 7. The number of anilines is 6. The fourth-order valence-corrected chi connectivity index (χ4v) is 43.2. The molecule has 149 heavy (non-hydrogen) atoms. The van der Waals surface area contributed by atoms with Crippen molar-refractivity contribution in [1.29, 1.82) is 0 Å². The van der Waals surface area contributed by atoms with E-state index >= 15 is 0 Å². The van der Waals surface area contributed by atoms with Crippen LogP contribution in [-0.4, -0.2) is 92.7 Å². The van der Waals surface area contributed by atoms with Crippen LogP contribution in [-0.2, 0) is 40.6 Å². The number of para-hydroxylation sites is 1. The molecule has 3 aliphatic heterocycles. The van der Waals surface area contributed by atoms with Gasteiger partial charge in [0.15, 0.2) is 0 Å². The Balaban J connectivity index is 0.000000143. The first-order valence-electron chi connectivity index (χ1n) is 56.2. The molecule has 0 radical (unpaired) electrons. The molecule has 7 aliphatic carbocycles. The molecule has 0 atom stereocenters. The second-order valence-electron chi connectivity index (χ2n) is 44.7. The van der Waals surface area contributed by atoms with Crippen molar-refractivity contribution in [1.82, 2.24) is 0 Å². The van der Waals surface area contributed by atoms with Crippen LogP contribution in [0.4, 0.5) is 34.1 Å². The van der Waals surface area contributed by atoms with Crippen molar-refractivity contribution in [3.05, 3.63) is 336 Å². The second kappa shape index (κ2) is 60.4. The Morgan fingerprint density at radius 2 is 0.510 bits per heavy atom. The van der Waals surface area contributed by atoms with Gasteiger partial charge in [-0.15, -0.1) is 0 Å². The zero-order valence-corrected chi connectivity index (χ0v) is 105. The molecular formula is C131H177Cl6N6OP2Ru3-. The molecule has 7 nitrogen and oxygen atoms in total. The number of fused-ring (bicyclic) bond motifs is 1. The molecule has 814 valence electrons. The van der Waals surface area contributed by atoms with Crippen LogP contribution in [0.2, 0.25) is 0 Å². The van der Waals surface area contributed by atoms with Crippen molar-refractivity contribution in [2.45, 2.75) is 371 Å². The Morgan fingerprint density at radius 3 is 0.752 bits per heavy atom. The fraction of sp³-hybridized carbons (Fsp3) is 0.481. The molecule has 3 heterocycles. The molecule has 18 heteroatoms. The van der Waals surface area contributed by atoms with Gasteiger partial charge in [0.25, 0.3) is 0 Å². The zero-order chi connectivity index (χ0) is 106. The summed E-state index contributed by atoms with van der Waals surface area (Å²) in [5.74, 6) is 0.850. The molecule has 0 aromatic heterocycles. The number of benzene rings is 10. The standard InChI is InChI=1S/3C21H27N2.2C18H33P.C15H10.C10H12O.C7H6.6ClH.3Ru/c3*1-14-9-16(3)20(17(4)10-14)22-7-8-23(13-22)21-18(5)11-15(2)12-19(21)6;2*1-4-10-16(11-5-1)19(17-12-6-2-7-13-17)18-14-8-3-9-15-18;1-2-6-12(7-3-1)15-11-10-13-8-4-5-9-14(13)15;1-8(2)11-10-7-5-4-6-9(10)3;1-7-5-3-2-4-6-7;;;;;;;;;/h3*9-13H,7-8H2,1-6H3;2*16-18H,1-15H2;1-9,11H;3-8H,1-2H3;1-6H;6*1H;;;/q3*-1;;;;;;;;;;;;3*+2/p-4. The number of halogens is 6. The molecule has 10 aromatic rings. The van der Waals surface area contributed by atoms with Gasteiger partial charge in [0.05, 0.1) is 34.0 Å². The van der Waals surface area contributed by atoms with Gasteiger partial charge in [-0.1, -0.05) is 145 Å². The van der Waals surface area contributed by atoms with Crippen molar-refractivity contribution in [3.8, 4) is 5.75 Å². The number of ether oxygens (including phenoxy) is 1. The van der Waals surface area contributed by atoms with Gasteiger partial charge < -0.3 is 29.4 Å². The molecule has 0 spiro atoms. The average molecular weight is 2430 g/mol. The minimum atomic E-state index is -1.88. The van der Waals surface area contributed by atoms with E-state index in [2.05, 4.69) is 283 Å². The predicted molar refractivity (Wildman–Crippen MR) is 657 cm³/mol. The molecule has 3 saturated heterocycles. The van der Waals surface area contributed by atoms with Crippen LogP contribution >= 0.6 is 74.0 Å². The maximum atomic E-state index is 6.19. The Morgan fingerprint density at radius 1 is 0.282 bits per heavy atom. The van der Waals surface area contributed by atoms with Crippen molar-refractivity contribution in [2.24, 2.45) is 0 Å². The molecular weight excluding hydrogens is 2250 g/mol. The van der Waals surface area contributed by atoms with Gasteiger partial charge in [-0.2, -0.15) is 20.0 Å². The van der Waals surface area contributed by atoms with Gasteiger partial charge >= 0.3 is 291 Å². The predicted octanol–water partition coefficient (Wildman–Crippen LogP) is 38.2. The van der Waals surface area contributed by atoms with Crippen molar-refractivity contribution in [3.63, 3.8) is 0 Å². The van der Waals surface area contributed by atoms with Gasteiger partial charge in [-0.25, -0.2) is 0 Å². The van der Waals surface area contributed by atoms with Crippen LogP contribution in [0.15, 0.2) is 188 Å². The van der Waals surface area contributed by atoms with E-state index in [-0.39, 0.29) is 21.9 Å².